The molecule has 3 heterocycles. The van der Waals surface area contributed by atoms with Crippen LogP contribution >= 0.6 is 11.8 Å². The fraction of sp³-hybridized carbons (Fsp3) is 0.850. The van der Waals surface area contributed by atoms with Gasteiger partial charge in [-0.2, -0.15) is 11.8 Å². The highest BCUT2D eigenvalue weighted by molar-refractivity contribution is 8.00. The van der Waals surface area contributed by atoms with E-state index in [0.29, 0.717) is 18.2 Å². The SMILES string of the molecule is c1ccc(C2CC3NC(N2)C2CCCC(C2)C2CCCC(C2)N2C4CCCCC4SC4CCC(CC42)C2CCCC3C2)cc1. The molecule has 3 aliphatic heterocycles. The van der Waals surface area contributed by atoms with Gasteiger partial charge in [0.2, 0.25) is 0 Å². The van der Waals surface area contributed by atoms with Crippen LogP contribution in [0.4, 0.5) is 0 Å². The summed E-state index contributed by atoms with van der Waals surface area (Å²) < 4.78 is 0. The van der Waals surface area contributed by atoms with E-state index in [0.717, 1.165) is 64.1 Å². The van der Waals surface area contributed by atoms with Crippen LogP contribution in [0.2, 0.25) is 0 Å². The van der Waals surface area contributed by atoms with Crippen molar-refractivity contribution in [2.45, 2.75) is 175 Å². The van der Waals surface area contributed by atoms with Crippen LogP contribution in [0.25, 0.3) is 0 Å². The van der Waals surface area contributed by atoms with E-state index in [1.165, 1.54) is 128 Å². The van der Waals surface area contributed by atoms with Gasteiger partial charge in [0.15, 0.2) is 0 Å². The highest BCUT2D eigenvalue weighted by Crippen LogP contribution is 2.53. The van der Waals surface area contributed by atoms with E-state index in [4.69, 9.17) is 0 Å². The molecule has 8 aliphatic rings. The Hall–Kier alpha value is -0.550. The van der Waals surface area contributed by atoms with Gasteiger partial charge in [-0.05, 0) is 118 Å². The molecule has 0 amide bonds. The van der Waals surface area contributed by atoms with E-state index in [1.807, 2.05) is 0 Å². The summed E-state index contributed by atoms with van der Waals surface area (Å²) >= 11 is 2.51. The van der Waals surface area contributed by atoms with Gasteiger partial charge in [0.25, 0.3) is 0 Å². The quantitative estimate of drug-likeness (QED) is 0.330. The second-order valence-corrected chi connectivity index (χ2v) is 18.7. The molecule has 3 nitrogen and oxygen atoms in total. The van der Waals surface area contributed by atoms with Crippen molar-refractivity contribution >= 4 is 11.8 Å². The van der Waals surface area contributed by atoms with Crippen molar-refractivity contribution in [1.29, 1.82) is 0 Å². The minimum Gasteiger partial charge on any atom is -0.299 e. The standard InChI is InChI=1S/C40H61N3S/c1-2-9-26(10-3-1)34-25-35-31-14-6-11-27(21-31)30-19-20-39-37(24-30)43(36-17-4-5-18-38(36)44-39)33-16-8-13-29(23-33)28-12-7-15-32(22-28)40(41-34)42-35/h1-3,9-10,27-42H,4-8,11-25H2. The van der Waals surface area contributed by atoms with Gasteiger partial charge in [0.1, 0.15) is 0 Å². The predicted octanol–water partition coefficient (Wildman–Crippen LogP) is 9.09. The largest absolute Gasteiger partial charge is 0.299 e. The molecular formula is C40H61N3S. The van der Waals surface area contributed by atoms with Crippen molar-refractivity contribution in [2.24, 2.45) is 35.5 Å². The van der Waals surface area contributed by atoms with Crippen molar-refractivity contribution in [3.05, 3.63) is 35.9 Å². The first-order chi connectivity index (χ1) is 21.8. The summed E-state index contributed by atoms with van der Waals surface area (Å²) in [6, 6.07) is 15.4. The second-order valence-electron chi connectivity index (χ2n) is 17.2. The monoisotopic (exact) mass is 615 g/mol. The zero-order valence-electron chi connectivity index (χ0n) is 27.5. The first-order valence-corrected chi connectivity index (χ1v) is 20.7. The Kier molecular flexibility index (Phi) is 8.61. The van der Waals surface area contributed by atoms with E-state index >= 15 is 0 Å². The summed E-state index contributed by atoms with van der Waals surface area (Å²) in [5, 5.41) is 10.5. The highest BCUT2D eigenvalue weighted by atomic mass is 32.2. The second kappa shape index (κ2) is 12.8. The maximum absolute atomic E-state index is 4.40. The molecule has 1 aromatic carbocycles. The fourth-order valence-electron chi connectivity index (χ4n) is 13.0. The van der Waals surface area contributed by atoms with Gasteiger partial charge in [-0.3, -0.25) is 15.5 Å². The average Bonchev–Trinajstić information content (AvgIpc) is 3.10. The third-order valence-electron chi connectivity index (χ3n) is 15.0. The van der Waals surface area contributed by atoms with Crippen LogP contribution < -0.4 is 10.6 Å². The summed E-state index contributed by atoms with van der Waals surface area (Å²) in [7, 11) is 0. The number of rotatable bonds is 1. The molecular weight excluding hydrogens is 555 g/mol. The summed E-state index contributed by atoms with van der Waals surface area (Å²) in [6.07, 6.45) is 30.3. The lowest BCUT2D eigenvalue weighted by Gasteiger charge is -2.59. The van der Waals surface area contributed by atoms with Crippen LogP contribution in [0.1, 0.15) is 140 Å². The average molecular weight is 616 g/mol. The molecule has 0 spiro atoms. The summed E-state index contributed by atoms with van der Waals surface area (Å²) in [6.45, 7) is 0. The first kappa shape index (κ1) is 29.6. The minimum absolute atomic E-state index is 0.497. The maximum atomic E-state index is 4.40. The number of thioether (sulfide) groups is 1. The molecule has 0 aromatic heterocycles. The van der Waals surface area contributed by atoms with Gasteiger partial charge >= 0.3 is 0 Å². The van der Waals surface area contributed by atoms with E-state index < -0.39 is 0 Å². The lowest BCUT2D eigenvalue weighted by Crippen LogP contribution is -2.64. The molecule has 1 aromatic rings. The molecule has 5 aliphatic carbocycles. The molecule has 242 valence electrons. The Balaban J connectivity index is 1.06. The molecule has 3 saturated heterocycles. The maximum Gasteiger partial charge on any atom is 0.0607 e. The number of nitrogens with one attached hydrogen (secondary N) is 2. The number of fused-ring (bicyclic) bond motifs is 16. The Morgan fingerprint density at radius 1 is 0.523 bits per heavy atom. The predicted molar refractivity (Wildman–Crippen MR) is 185 cm³/mol. The third kappa shape index (κ3) is 5.66. The summed E-state index contributed by atoms with van der Waals surface area (Å²) in [5.74, 6) is 5.56. The van der Waals surface area contributed by atoms with E-state index in [2.05, 4.69) is 57.6 Å². The Morgan fingerprint density at radius 2 is 1.20 bits per heavy atom. The molecule has 44 heavy (non-hydrogen) atoms. The molecule has 4 heteroatoms. The number of hydrogen-bond acceptors (Lipinski definition) is 4. The molecule has 10 bridgehead atoms. The van der Waals surface area contributed by atoms with E-state index in [1.54, 1.807) is 6.42 Å². The Bertz CT molecular complexity index is 1110. The Morgan fingerprint density at radius 3 is 2.07 bits per heavy atom. The van der Waals surface area contributed by atoms with Crippen LogP contribution in [0.15, 0.2) is 30.3 Å². The van der Waals surface area contributed by atoms with Gasteiger partial charge < -0.3 is 0 Å². The molecule has 14 atom stereocenters. The lowest BCUT2D eigenvalue weighted by molar-refractivity contribution is -0.0220. The van der Waals surface area contributed by atoms with Crippen molar-refractivity contribution < 1.29 is 0 Å². The van der Waals surface area contributed by atoms with Crippen LogP contribution in [0.3, 0.4) is 0 Å². The molecule has 5 saturated carbocycles. The third-order valence-corrected chi connectivity index (χ3v) is 16.8. The molecule has 8 fully saturated rings. The van der Waals surface area contributed by atoms with Gasteiger partial charge in [-0.1, -0.05) is 81.7 Å². The van der Waals surface area contributed by atoms with E-state index in [9.17, 15) is 0 Å². The first-order valence-electron chi connectivity index (χ1n) is 19.8. The lowest BCUT2D eigenvalue weighted by atomic mass is 9.65. The van der Waals surface area contributed by atoms with E-state index in [-0.39, 0.29) is 0 Å². The van der Waals surface area contributed by atoms with Crippen molar-refractivity contribution in [2.75, 3.05) is 0 Å². The van der Waals surface area contributed by atoms with Crippen LogP contribution in [-0.4, -0.2) is 45.7 Å². The van der Waals surface area contributed by atoms with Gasteiger partial charge in [0.05, 0.1) is 6.17 Å². The smallest absolute Gasteiger partial charge is 0.0607 e. The van der Waals surface area contributed by atoms with Crippen LogP contribution in [0.5, 0.6) is 0 Å². The number of nitrogens with zero attached hydrogens (tertiary/aromatic N) is 1. The summed E-state index contributed by atoms with van der Waals surface area (Å²) in [4.78, 5) is 3.35. The van der Waals surface area contributed by atoms with Crippen molar-refractivity contribution in [3.8, 4) is 0 Å². The van der Waals surface area contributed by atoms with Gasteiger partial charge in [-0.15, -0.1) is 0 Å². The normalized spacial score (nSPS) is 49.5. The highest BCUT2D eigenvalue weighted by Gasteiger charge is 2.51. The van der Waals surface area contributed by atoms with Crippen LogP contribution in [-0.2, 0) is 0 Å². The molecule has 9 rings (SSSR count). The zero-order valence-corrected chi connectivity index (χ0v) is 28.3. The molecule has 2 N–H and O–H groups in total. The van der Waals surface area contributed by atoms with Crippen LogP contribution in [0, 0.1) is 35.5 Å². The summed E-state index contributed by atoms with van der Waals surface area (Å²) in [5.41, 5.74) is 1.53. The topological polar surface area (TPSA) is 27.3 Å². The van der Waals surface area contributed by atoms with Crippen molar-refractivity contribution in [3.63, 3.8) is 0 Å². The molecule has 14 unspecified atom stereocenters. The number of benzene rings is 1. The van der Waals surface area contributed by atoms with Gasteiger partial charge in [0, 0.05) is 40.7 Å². The zero-order chi connectivity index (χ0) is 29.0. The van der Waals surface area contributed by atoms with Gasteiger partial charge in [-0.25, -0.2) is 0 Å². The molecule has 0 radical (unpaired) electrons. The fourth-order valence-corrected chi connectivity index (χ4v) is 14.9. The van der Waals surface area contributed by atoms with Crippen molar-refractivity contribution in [1.82, 2.24) is 15.5 Å². The minimum atomic E-state index is 0.497. The number of hydrogen-bond donors (Lipinski definition) is 2. The Labute approximate surface area is 273 Å².